The van der Waals surface area contributed by atoms with E-state index in [0.29, 0.717) is 5.56 Å². The molecule has 0 aliphatic carbocycles. The molecule has 1 fully saturated rings. The van der Waals surface area contributed by atoms with Crippen LogP contribution in [0.2, 0.25) is 0 Å². The van der Waals surface area contributed by atoms with Gasteiger partial charge >= 0.3 is 21.3 Å². The minimum absolute atomic E-state index is 0.0648. The third kappa shape index (κ3) is 5.88. The maximum atomic E-state index is 12.8. The molecule has 32 heavy (non-hydrogen) atoms. The second-order valence-corrected chi connectivity index (χ2v) is 9.63. The quantitative estimate of drug-likeness (QED) is 0.277. The van der Waals surface area contributed by atoms with Crippen LogP contribution < -0.4 is 11.2 Å². The molecule has 3 rings (SSSR count). The summed E-state index contributed by atoms with van der Waals surface area (Å²) in [6.07, 6.45) is -5.32. The Hall–Kier alpha value is -1.96. The average molecular weight is 494 g/mol. The minimum Gasteiger partial charge on any atom is -0.387 e. The van der Waals surface area contributed by atoms with Crippen LogP contribution in [0, 0.1) is 0 Å². The van der Waals surface area contributed by atoms with Gasteiger partial charge in [0.1, 0.15) is 18.3 Å². The predicted molar refractivity (Wildman–Crippen MR) is 105 cm³/mol. The van der Waals surface area contributed by atoms with Crippen molar-refractivity contribution < 1.29 is 47.6 Å². The fourth-order valence-electron chi connectivity index (χ4n) is 3.06. The predicted octanol–water partition coefficient (Wildman–Crippen LogP) is -1.10. The van der Waals surface area contributed by atoms with Crippen molar-refractivity contribution in [2.75, 3.05) is 6.61 Å². The molecular formula is C16H20N2O12P2. The number of hydrogen-bond acceptors (Lipinski definition) is 9. The number of aliphatic hydroxyl groups is 2. The van der Waals surface area contributed by atoms with Crippen molar-refractivity contribution in [1.29, 1.82) is 0 Å². The first-order valence-corrected chi connectivity index (χ1v) is 12.0. The van der Waals surface area contributed by atoms with E-state index in [1.807, 2.05) is 0 Å². The first kappa shape index (κ1) is 24.7. The van der Waals surface area contributed by atoms with E-state index in [-0.39, 0.29) is 6.54 Å². The lowest BCUT2D eigenvalue weighted by atomic mass is 10.1. The molecule has 0 saturated carbocycles. The van der Waals surface area contributed by atoms with Crippen molar-refractivity contribution in [1.82, 2.24) is 9.13 Å². The monoisotopic (exact) mass is 494 g/mol. The molecule has 3 unspecified atom stereocenters. The zero-order valence-corrected chi connectivity index (χ0v) is 17.9. The summed E-state index contributed by atoms with van der Waals surface area (Å²) < 4.78 is 37.4. The topological polar surface area (TPSA) is 207 Å². The van der Waals surface area contributed by atoms with E-state index in [9.17, 15) is 33.8 Å². The Labute approximate surface area is 179 Å². The standard InChI is InChI=1S/C16H20N2O12P2/c19-12-6-7-17(16(22)18(12)8-10-4-2-1-3-5-10)15-14(21)13(20)11(29-15)9-28-32(26,27)30-31(23,24)25/h1-7,11,13-15,20-21H,8-9H2,(H,26,27)(H2,23,24,25)/t11-,13?,14?,15-/m1/s1. The van der Waals surface area contributed by atoms with Gasteiger partial charge in [-0.2, -0.15) is 4.31 Å². The van der Waals surface area contributed by atoms with E-state index in [2.05, 4.69) is 8.83 Å². The lowest BCUT2D eigenvalue weighted by Crippen LogP contribution is -2.43. The molecule has 16 heteroatoms. The van der Waals surface area contributed by atoms with Gasteiger partial charge in [0.15, 0.2) is 6.23 Å². The molecule has 1 aliphatic rings. The fourth-order valence-corrected chi connectivity index (χ4v) is 4.66. The molecule has 1 aromatic carbocycles. The summed E-state index contributed by atoms with van der Waals surface area (Å²) in [4.78, 5) is 51.6. The van der Waals surface area contributed by atoms with Crippen molar-refractivity contribution in [2.24, 2.45) is 0 Å². The van der Waals surface area contributed by atoms with Gasteiger partial charge in [-0.25, -0.2) is 13.9 Å². The van der Waals surface area contributed by atoms with Crippen LogP contribution in [0.15, 0.2) is 52.2 Å². The minimum atomic E-state index is -5.35. The van der Waals surface area contributed by atoms with Gasteiger partial charge < -0.3 is 29.6 Å². The number of benzene rings is 1. The zero-order chi connectivity index (χ0) is 23.7. The fraction of sp³-hybridized carbons (Fsp3) is 0.375. The molecule has 2 aromatic rings. The normalized spacial score (nSPS) is 25.5. The van der Waals surface area contributed by atoms with Crippen molar-refractivity contribution >= 4 is 15.6 Å². The Morgan fingerprint density at radius 3 is 2.28 bits per heavy atom. The smallest absolute Gasteiger partial charge is 0.387 e. The first-order valence-electron chi connectivity index (χ1n) is 9.00. The number of rotatable bonds is 8. The van der Waals surface area contributed by atoms with Gasteiger partial charge in [0.25, 0.3) is 5.56 Å². The molecule has 0 bridgehead atoms. The zero-order valence-electron chi connectivity index (χ0n) is 16.1. The Morgan fingerprint density at radius 1 is 1.00 bits per heavy atom. The summed E-state index contributed by atoms with van der Waals surface area (Å²) in [6.45, 7) is -0.981. The number of ether oxygens (including phenoxy) is 1. The van der Waals surface area contributed by atoms with Crippen LogP contribution in [0.1, 0.15) is 11.8 Å². The highest BCUT2D eigenvalue weighted by Crippen LogP contribution is 2.57. The molecule has 1 saturated heterocycles. The second-order valence-electron chi connectivity index (χ2n) is 6.80. The number of hydrogen-bond donors (Lipinski definition) is 5. The van der Waals surface area contributed by atoms with E-state index in [4.69, 9.17) is 14.5 Å². The summed E-state index contributed by atoms with van der Waals surface area (Å²) in [6, 6.07) is 9.68. The van der Waals surface area contributed by atoms with Crippen LogP contribution in [0.4, 0.5) is 0 Å². The van der Waals surface area contributed by atoms with E-state index in [1.54, 1.807) is 30.3 Å². The van der Waals surface area contributed by atoms with Crippen molar-refractivity contribution in [2.45, 2.75) is 31.1 Å². The molecule has 0 radical (unpaired) electrons. The average Bonchev–Trinajstić information content (AvgIpc) is 2.97. The highest BCUT2D eigenvalue weighted by Gasteiger charge is 2.45. The van der Waals surface area contributed by atoms with Crippen molar-refractivity contribution in [3.05, 3.63) is 69.0 Å². The lowest BCUT2D eigenvalue weighted by Gasteiger charge is -2.19. The van der Waals surface area contributed by atoms with Crippen LogP contribution in [0.25, 0.3) is 0 Å². The van der Waals surface area contributed by atoms with E-state index in [0.717, 1.165) is 21.4 Å². The molecule has 1 aliphatic heterocycles. The lowest BCUT2D eigenvalue weighted by molar-refractivity contribution is -0.0547. The van der Waals surface area contributed by atoms with Crippen LogP contribution in [-0.2, 0) is 29.2 Å². The number of phosphoric ester groups is 1. The number of aromatic nitrogens is 2. The van der Waals surface area contributed by atoms with Crippen LogP contribution in [0.5, 0.6) is 0 Å². The third-order valence-electron chi connectivity index (χ3n) is 4.50. The molecule has 2 heterocycles. The Bertz CT molecular complexity index is 1160. The van der Waals surface area contributed by atoms with Gasteiger partial charge in [0, 0.05) is 12.3 Å². The van der Waals surface area contributed by atoms with Gasteiger partial charge in [-0.05, 0) is 5.56 Å². The van der Waals surface area contributed by atoms with Gasteiger partial charge in [-0.15, -0.1) is 0 Å². The van der Waals surface area contributed by atoms with Gasteiger partial charge in [-0.1, -0.05) is 30.3 Å². The van der Waals surface area contributed by atoms with E-state index < -0.39 is 58.0 Å². The second kappa shape index (κ2) is 9.49. The van der Waals surface area contributed by atoms with Gasteiger partial charge in [0.2, 0.25) is 0 Å². The van der Waals surface area contributed by atoms with Crippen LogP contribution >= 0.6 is 15.6 Å². The Kier molecular flexibility index (Phi) is 7.32. The maximum Gasteiger partial charge on any atom is 0.481 e. The van der Waals surface area contributed by atoms with Gasteiger partial charge in [-0.3, -0.25) is 18.5 Å². The molecule has 1 aromatic heterocycles. The number of phosphoric acid groups is 2. The van der Waals surface area contributed by atoms with Crippen LogP contribution in [0.3, 0.4) is 0 Å². The molecule has 0 amide bonds. The summed E-state index contributed by atoms with van der Waals surface area (Å²) in [5.74, 6) is 0. The number of aliphatic hydroxyl groups excluding tert-OH is 2. The van der Waals surface area contributed by atoms with Crippen molar-refractivity contribution in [3.8, 4) is 0 Å². The summed E-state index contributed by atoms with van der Waals surface area (Å²) in [5, 5.41) is 20.5. The molecular weight excluding hydrogens is 474 g/mol. The van der Waals surface area contributed by atoms with E-state index >= 15 is 0 Å². The Balaban J connectivity index is 1.79. The Morgan fingerprint density at radius 2 is 1.66 bits per heavy atom. The summed E-state index contributed by atoms with van der Waals surface area (Å²) in [7, 11) is -10.6. The SMILES string of the molecule is O=c1ccn([C@@H]2O[C@H](COP(=O)(O)OP(=O)(O)O)C(O)C2O)c(=O)n1Cc1ccccc1. The largest absolute Gasteiger partial charge is 0.481 e. The molecule has 14 nitrogen and oxygen atoms in total. The molecule has 176 valence electrons. The molecule has 5 atom stereocenters. The van der Waals surface area contributed by atoms with E-state index in [1.165, 1.54) is 0 Å². The summed E-state index contributed by atoms with van der Waals surface area (Å²) >= 11 is 0. The highest BCUT2D eigenvalue weighted by atomic mass is 31.3. The third-order valence-corrected chi connectivity index (χ3v) is 6.65. The molecule has 5 N–H and O–H groups in total. The van der Waals surface area contributed by atoms with Gasteiger partial charge in [0.05, 0.1) is 13.2 Å². The molecule has 0 spiro atoms. The van der Waals surface area contributed by atoms with Crippen molar-refractivity contribution in [3.63, 3.8) is 0 Å². The maximum absolute atomic E-state index is 12.8. The van der Waals surface area contributed by atoms with Crippen LogP contribution in [-0.4, -0.2) is 58.9 Å². The highest BCUT2D eigenvalue weighted by molar-refractivity contribution is 7.60. The first-order chi connectivity index (χ1) is 14.9. The number of nitrogens with zero attached hydrogens (tertiary/aromatic N) is 2. The summed E-state index contributed by atoms with van der Waals surface area (Å²) in [5.41, 5.74) is -0.803.